The molecule has 1 N–H and O–H groups in total. The Morgan fingerprint density at radius 2 is 1.87 bits per heavy atom. The van der Waals surface area contributed by atoms with Gasteiger partial charge in [0.05, 0.1) is 19.8 Å². The molecule has 0 rings (SSSR count). The van der Waals surface area contributed by atoms with Crippen LogP contribution in [-0.2, 0) is 14.2 Å². The third-order valence-corrected chi connectivity index (χ3v) is 1.89. The van der Waals surface area contributed by atoms with Crippen LogP contribution in [0.2, 0.25) is 0 Å². The van der Waals surface area contributed by atoms with Crippen LogP contribution in [0.15, 0.2) is 0 Å². The van der Waals surface area contributed by atoms with Gasteiger partial charge in [0.2, 0.25) is 0 Å². The zero-order valence-electron chi connectivity index (χ0n) is 9.91. The van der Waals surface area contributed by atoms with Gasteiger partial charge < -0.3 is 19.3 Å². The van der Waals surface area contributed by atoms with Crippen molar-refractivity contribution in [3.05, 3.63) is 0 Å². The normalized spacial score (nSPS) is 13.0. The van der Waals surface area contributed by atoms with Gasteiger partial charge in [-0.05, 0) is 13.3 Å². The van der Waals surface area contributed by atoms with Crippen molar-refractivity contribution in [1.82, 2.24) is 0 Å². The van der Waals surface area contributed by atoms with Gasteiger partial charge in [-0.2, -0.15) is 0 Å². The fraction of sp³-hybridized carbons (Fsp3) is 1.00. The Hall–Kier alpha value is -0.160. The predicted octanol–water partition coefficient (Wildman–Crippen LogP) is 1.56. The lowest BCUT2D eigenvalue weighted by Crippen LogP contribution is -2.24. The Labute approximate surface area is 92.5 Å². The molecule has 0 aromatic rings. The lowest BCUT2D eigenvalue weighted by atomic mass is 10.3. The summed E-state index contributed by atoms with van der Waals surface area (Å²) < 4.78 is 16.0. The zero-order chi connectivity index (χ0) is 11.4. The summed E-state index contributed by atoms with van der Waals surface area (Å²) in [5, 5.41) is 8.55. The second kappa shape index (κ2) is 11.9. The van der Waals surface area contributed by atoms with Crippen molar-refractivity contribution in [3.63, 3.8) is 0 Å². The maximum absolute atomic E-state index is 8.55. The lowest BCUT2D eigenvalue weighted by molar-refractivity contribution is -0.171. The van der Waals surface area contributed by atoms with Crippen LogP contribution in [-0.4, -0.2) is 44.4 Å². The van der Waals surface area contributed by atoms with Crippen molar-refractivity contribution in [2.45, 2.75) is 39.4 Å². The van der Waals surface area contributed by atoms with Gasteiger partial charge in [-0.15, -0.1) is 0 Å². The highest BCUT2D eigenvalue weighted by atomic mass is 16.7. The molecule has 92 valence electrons. The highest BCUT2D eigenvalue weighted by molar-refractivity contribution is 4.44. The summed E-state index contributed by atoms with van der Waals surface area (Å²) in [6.07, 6.45) is 3.12. The third kappa shape index (κ3) is 10.1. The quantitative estimate of drug-likeness (QED) is 0.424. The maximum Gasteiger partial charge on any atom is 0.180 e. The minimum absolute atomic E-state index is 0.0364. The largest absolute Gasteiger partial charge is 0.394 e. The Bertz CT molecular complexity index is 119. The van der Waals surface area contributed by atoms with E-state index in [1.54, 1.807) is 0 Å². The molecule has 1 unspecified atom stereocenters. The number of aliphatic hydroxyl groups is 1. The minimum atomic E-state index is -0.293. The first-order valence-corrected chi connectivity index (χ1v) is 5.76. The molecule has 0 heterocycles. The minimum Gasteiger partial charge on any atom is -0.394 e. The molecule has 0 aliphatic heterocycles. The van der Waals surface area contributed by atoms with Gasteiger partial charge in [-0.25, -0.2) is 0 Å². The molecule has 0 spiro atoms. The Kier molecular flexibility index (Phi) is 11.8. The van der Waals surface area contributed by atoms with Crippen LogP contribution in [0.3, 0.4) is 0 Å². The van der Waals surface area contributed by atoms with Crippen LogP contribution in [0.25, 0.3) is 0 Å². The number of rotatable bonds is 11. The van der Waals surface area contributed by atoms with Crippen molar-refractivity contribution >= 4 is 0 Å². The smallest absolute Gasteiger partial charge is 0.180 e. The number of aliphatic hydroxyl groups excluding tert-OH is 1. The summed E-state index contributed by atoms with van der Waals surface area (Å²) in [4.78, 5) is 0. The molecule has 0 saturated heterocycles. The summed E-state index contributed by atoms with van der Waals surface area (Å²) >= 11 is 0. The van der Waals surface area contributed by atoms with E-state index < -0.39 is 0 Å². The van der Waals surface area contributed by atoms with Crippen molar-refractivity contribution < 1.29 is 19.3 Å². The van der Waals surface area contributed by atoms with Gasteiger partial charge >= 0.3 is 0 Å². The molecule has 0 radical (unpaired) electrons. The SMILES string of the molecule is CCCCCOC(COCCO)OCC. The van der Waals surface area contributed by atoms with Gasteiger partial charge in [0, 0.05) is 13.2 Å². The summed E-state index contributed by atoms with van der Waals surface area (Å²) in [7, 11) is 0. The van der Waals surface area contributed by atoms with E-state index in [1.807, 2.05) is 6.92 Å². The molecule has 0 aromatic heterocycles. The topological polar surface area (TPSA) is 47.9 Å². The molecular formula is C11H24O4. The molecule has 0 amide bonds. The molecule has 4 nitrogen and oxygen atoms in total. The summed E-state index contributed by atoms with van der Waals surface area (Å²) in [6.45, 7) is 6.16. The zero-order valence-corrected chi connectivity index (χ0v) is 9.91. The number of unbranched alkanes of at least 4 members (excludes halogenated alkanes) is 2. The van der Waals surface area contributed by atoms with Crippen LogP contribution in [0.1, 0.15) is 33.1 Å². The predicted molar refractivity (Wildman–Crippen MR) is 58.8 cm³/mol. The molecule has 0 aliphatic carbocycles. The second-order valence-electron chi connectivity index (χ2n) is 3.26. The van der Waals surface area contributed by atoms with Crippen LogP contribution >= 0.6 is 0 Å². The Morgan fingerprint density at radius 3 is 2.47 bits per heavy atom. The molecule has 15 heavy (non-hydrogen) atoms. The van der Waals surface area contributed by atoms with Gasteiger partial charge in [0.15, 0.2) is 6.29 Å². The monoisotopic (exact) mass is 220 g/mol. The average molecular weight is 220 g/mol. The summed E-state index contributed by atoms with van der Waals surface area (Å²) in [6, 6.07) is 0. The van der Waals surface area contributed by atoms with Gasteiger partial charge in [0.1, 0.15) is 0 Å². The van der Waals surface area contributed by atoms with E-state index in [0.29, 0.717) is 26.4 Å². The van der Waals surface area contributed by atoms with E-state index in [4.69, 9.17) is 19.3 Å². The molecule has 0 fully saturated rings. The standard InChI is InChI=1S/C11H24O4/c1-3-5-6-8-15-11(14-4-2)10-13-9-7-12/h11-12H,3-10H2,1-2H3. The molecule has 0 bridgehead atoms. The molecule has 0 aromatic carbocycles. The van der Waals surface area contributed by atoms with E-state index in [9.17, 15) is 0 Å². The Morgan fingerprint density at radius 1 is 1.07 bits per heavy atom. The highest BCUT2D eigenvalue weighted by Crippen LogP contribution is 2.00. The summed E-state index contributed by atoms with van der Waals surface area (Å²) in [5.41, 5.74) is 0. The van der Waals surface area contributed by atoms with Crippen LogP contribution in [0.4, 0.5) is 0 Å². The fourth-order valence-corrected chi connectivity index (χ4v) is 1.14. The number of hydrogen-bond acceptors (Lipinski definition) is 4. The third-order valence-electron chi connectivity index (χ3n) is 1.89. The lowest BCUT2D eigenvalue weighted by Gasteiger charge is -2.17. The van der Waals surface area contributed by atoms with E-state index in [1.165, 1.54) is 12.8 Å². The molecule has 1 atom stereocenters. The highest BCUT2D eigenvalue weighted by Gasteiger charge is 2.08. The van der Waals surface area contributed by atoms with Gasteiger partial charge in [0.25, 0.3) is 0 Å². The van der Waals surface area contributed by atoms with Crippen LogP contribution < -0.4 is 0 Å². The van der Waals surface area contributed by atoms with Crippen molar-refractivity contribution in [3.8, 4) is 0 Å². The first-order chi connectivity index (χ1) is 7.35. The van der Waals surface area contributed by atoms with E-state index in [0.717, 1.165) is 6.42 Å². The maximum atomic E-state index is 8.55. The van der Waals surface area contributed by atoms with Gasteiger partial charge in [-0.3, -0.25) is 0 Å². The number of hydrogen-bond donors (Lipinski definition) is 1. The van der Waals surface area contributed by atoms with E-state index >= 15 is 0 Å². The first kappa shape index (κ1) is 14.8. The fourth-order valence-electron chi connectivity index (χ4n) is 1.14. The molecular weight excluding hydrogens is 196 g/mol. The van der Waals surface area contributed by atoms with E-state index in [-0.39, 0.29) is 12.9 Å². The van der Waals surface area contributed by atoms with Crippen LogP contribution in [0, 0.1) is 0 Å². The van der Waals surface area contributed by atoms with Crippen LogP contribution in [0.5, 0.6) is 0 Å². The summed E-state index contributed by atoms with van der Waals surface area (Å²) in [5.74, 6) is 0. The molecule has 0 saturated carbocycles. The Balaban J connectivity index is 3.44. The van der Waals surface area contributed by atoms with E-state index in [2.05, 4.69) is 6.92 Å². The number of ether oxygens (including phenoxy) is 3. The first-order valence-electron chi connectivity index (χ1n) is 5.76. The molecule has 4 heteroatoms. The molecule has 0 aliphatic rings. The average Bonchev–Trinajstić information content (AvgIpc) is 2.24. The second-order valence-corrected chi connectivity index (χ2v) is 3.26. The van der Waals surface area contributed by atoms with Crippen molar-refractivity contribution in [2.24, 2.45) is 0 Å². The van der Waals surface area contributed by atoms with Crippen molar-refractivity contribution in [2.75, 3.05) is 33.0 Å². The van der Waals surface area contributed by atoms with Crippen molar-refractivity contribution in [1.29, 1.82) is 0 Å². The van der Waals surface area contributed by atoms with Gasteiger partial charge in [-0.1, -0.05) is 19.8 Å².